The topological polar surface area (TPSA) is 49.4 Å². The average molecular weight is 280 g/mol. The van der Waals surface area contributed by atoms with Gasteiger partial charge in [0.2, 0.25) is 0 Å². The molecule has 0 radical (unpaired) electrons. The van der Waals surface area contributed by atoms with Gasteiger partial charge in [0.25, 0.3) is 0 Å². The van der Waals surface area contributed by atoms with E-state index in [4.69, 9.17) is 0 Å². The molecule has 1 aromatic rings. The molecule has 1 atom stereocenters. The molecule has 0 saturated carbocycles. The number of fused-ring (bicyclic) bond motifs is 1. The summed E-state index contributed by atoms with van der Waals surface area (Å²) >= 11 is 0. The van der Waals surface area contributed by atoms with Crippen LogP contribution in [0.3, 0.4) is 0 Å². The summed E-state index contributed by atoms with van der Waals surface area (Å²) in [4.78, 5) is 2.27. The monoisotopic (exact) mass is 280 g/mol. The lowest BCUT2D eigenvalue weighted by molar-refractivity contribution is 0.566. The number of sulfone groups is 1. The Morgan fingerprint density at radius 3 is 3.00 bits per heavy atom. The van der Waals surface area contributed by atoms with Gasteiger partial charge in [-0.1, -0.05) is 12.1 Å². The third kappa shape index (κ3) is 2.49. The van der Waals surface area contributed by atoms with Gasteiger partial charge in [0.15, 0.2) is 9.84 Å². The van der Waals surface area contributed by atoms with E-state index in [0.717, 1.165) is 19.5 Å². The molecular formula is C14H20N2O2S. The first-order valence-electron chi connectivity index (χ1n) is 6.85. The number of rotatable bonds is 1. The molecule has 0 aliphatic carbocycles. The van der Waals surface area contributed by atoms with Gasteiger partial charge in [-0.25, -0.2) is 8.42 Å². The van der Waals surface area contributed by atoms with Crippen molar-refractivity contribution in [3.63, 3.8) is 0 Å². The van der Waals surface area contributed by atoms with Crippen molar-refractivity contribution >= 4 is 15.5 Å². The van der Waals surface area contributed by atoms with Crippen LogP contribution in [0.25, 0.3) is 0 Å². The van der Waals surface area contributed by atoms with Crippen LogP contribution < -0.4 is 10.2 Å². The van der Waals surface area contributed by atoms with Crippen LogP contribution in [0.4, 0.5) is 5.69 Å². The number of nitrogens with one attached hydrogen (secondary N) is 1. The lowest BCUT2D eigenvalue weighted by atomic mass is 9.98. The van der Waals surface area contributed by atoms with Crippen molar-refractivity contribution in [2.45, 2.75) is 25.9 Å². The molecule has 1 aromatic carbocycles. The predicted molar refractivity (Wildman–Crippen MR) is 77.3 cm³/mol. The maximum absolute atomic E-state index is 11.7. The standard InChI is InChI=1S/C14H20N2O2S/c1-11-10-19(17,18)8-7-16(11)14-4-2-3-12-9-15-6-5-13(12)14/h2-4,11,15H,5-10H2,1H3. The largest absolute Gasteiger partial charge is 0.367 e. The number of benzene rings is 1. The van der Waals surface area contributed by atoms with Crippen LogP contribution in [-0.2, 0) is 22.8 Å². The van der Waals surface area contributed by atoms with Gasteiger partial charge in [-0.05, 0) is 37.1 Å². The van der Waals surface area contributed by atoms with Crippen molar-refractivity contribution in [1.82, 2.24) is 5.32 Å². The Kier molecular flexibility index (Phi) is 3.27. The highest BCUT2D eigenvalue weighted by Gasteiger charge is 2.30. The second-order valence-electron chi connectivity index (χ2n) is 5.50. The van der Waals surface area contributed by atoms with Crippen molar-refractivity contribution in [2.75, 3.05) is 29.5 Å². The van der Waals surface area contributed by atoms with Crippen LogP contribution in [0.2, 0.25) is 0 Å². The molecule has 2 aliphatic heterocycles. The molecule has 1 fully saturated rings. The predicted octanol–water partition coefficient (Wildman–Crippen LogP) is 0.956. The lowest BCUT2D eigenvalue weighted by Gasteiger charge is -2.37. The molecule has 0 amide bonds. The molecule has 1 N–H and O–H groups in total. The van der Waals surface area contributed by atoms with Crippen molar-refractivity contribution in [3.8, 4) is 0 Å². The normalized spacial score (nSPS) is 25.9. The molecule has 3 rings (SSSR count). The van der Waals surface area contributed by atoms with Gasteiger partial charge in [0, 0.05) is 24.8 Å². The summed E-state index contributed by atoms with van der Waals surface area (Å²) in [7, 11) is -2.85. The minimum absolute atomic E-state index is 0.0696. The number of hydrogen-bond donors (Lipinski definition) is 1. The molecule has 104 valence electrons. The second-order valence-corrected chi connectivity index (χ2v) is 7.73. The fourth-order valence-corrected chi connectivity index (χ4v) is 4.69. The van der Waals surface area contributed by atoms with Crippen molar-refractivity contribution in [3.05, 3.63) is 29.3 Å². The minimum atomic E-state index is -2.85. The summed E-state index contributed by atoms with van der Waals surface area (Å²) in [6.45, 7) is 4.55. The molecule has 1 saturated heterocycles. The van der Waals surface area contributed by atoms with Gasteiger partial charge in [0.05, 0.1) is 11.5 Å². The third-order valence-electron chi connectivity index (χ3n) is 4.10. The molecule has 0 aromatic heterocycles. The highest BCUT2D eigenvalue weighted by Crippen LogP contribution is 2.29. The summed E-state index contributed by atoms with van der Waals surface area (Å²) in [5.74, 6) is 0.550. The Morgan fingerprint density at radius 2 is 2.21 bits per heavy atom. The molecular weight excluding hydrogens is 260 g/mol. The first kappa shape index (κ1) is 12.9. The zero-order chi connectivity index (χ0) is 13.5. The van der Waals surface area contributed by atoms with Crippen molar-refractivity contribution in [1.29, 1.82) is 0 Å². The van der Waals surface area contributed by atoms with E-state index in [1.165, 1.54) is 16.8 Å². The second kappa shape index (κ2) is 4.80. The molecule has 2 heterocycles. The number of nitrogens with zero attached hydrogens (tertiary/aromatic N) is 1. The summed E-state index contributed by atoms with van der Waals surface area (Å²) in [5.41, 5.74) is 3.98. The molecule has 2 aliphatic rings. The van der Waals surface area contributed by atoms with E-state index in [1.54, 1.807) is 0 Å². The summed E-state index contributed by atoms with van der Waals surface area (Å²) < 4.78 is 23.4. The maximum Gasteiger partial charge on any atom is 0.154 e. The number of anilines is 1. The maximum atomic E-state index is 11.7. The van der Waals surface area contributed by atoms with E-state index in [9.17, 15) is 8.42 Å². The third-order valence-corrected chi connectivity index (χ3v) is 5.89. The smallest absolute Gasteiger partial charge is 0.154 e. The molecule has 0 bridgehead atoms. The van der Waals surface area contributed by atoms with Gasteiger partial charge >= 0.3 is 0 Å². The number of hydrogen-bond acceptors (Lipinski definition) is 4. The van der Waals surface area contributed by atoms with E-state index in [2.05, 4.69) is 28.4 Å². The summed E-state index contributed by atoms with van der Waals surface area (Å²) in [5, 5.41) is 3.38. The highest BCUT2D eigenvalue weighted by atomic mass is 32.2. The first-order valence-corrected chi connectivity index (χ1v) is 8.67. The minimum Gasteiger partial charge on any atom is -0.367 e. The zero-order valence-corrected chi connectivity index (χ0v) is 12.0. The van der Waals surface area contributed by atoms with Gasteiger partial charge in [0.1, 0.15) is 0 Å². The molecule has 1 unspecified atom stereocenters. The van der Waals surface area contributed by atoms with E-state index in [1.807, 2.05) is 6.92 Å². The average Bonchev–Trinajstić information content (AvgIpc) is 2.37. The first-order chi connectivity index (χ1) is 9.07. The van der Waals surface area contributed by atoms with Gasteiger partial charge in [-0.2, -0.15) is 0 Å². The van der Waals surface area contributed by atoms with E-state index >= 15 is 0 Å². The van der Waals surface area contributed by atoms with Crippen LogP contribution in [0.5, 0.6) is 0 Å². The Labute approximate surface area is 114 Å². The highest BCUT2D eigenvalue weighted by molar-refractivity contribution is 7.91. The fraction of sp³-hybridized carbons (Fsp3) is 0.571. The van der Waals surface area contributed by atoms with Gasteiger partial charge in [-0.15, -0.1) is 0 Å². The van der Waals surface area contributed by atoms with Crippen LogP contribution in [-0.4, -0.2) is 39.1 Å². The molecule has 5 heteroatoms. The summed E-state index contributed by atoms with van der Waals surface area (Å²) in [6.07, 6.45) is 1.03. The Hall–Kier alpha value is -1.07. The Bertz CT molecular complexity index is 583. The fourth-order valence-electron chi connectivity index (χ4n) is 3.14. The van der Waals surface area contributed by atoms with Gasteiger partial charge < -0.3 is 10.2 Å². The quantitative estimate of drug-likeness (QED) is 0.832. The molecule has 0 spiro atoms. The molecule has 4 nitrogen and oxygen atoms in total. The SMILES string of the molecule is CC1CS(=O)(=O)CCN1c1cccc2c1CCNC2. The lowest BCUT2D eigenvalue weighted by Crippen LogP contribution is -2.47. The van der Waals surface area contributed by atoms with E-state index < -0.39 is 9.84 Å². The van der Waals surface area contributed by atoms with Crippen LogP contribution >= 0.6 is 0 Å². The summed E-state index contributed by atoms with van der Waals surface area (Å²) in [6, 6.07) is 6.45. The van der Waals surface area contributed by atoms with Crippen LogP contribution in [0, 0.1) is 0 Å². The van der Waals surface area contributed by atoms with Crippen LogP contribution in [0.1, 0.15) is 18.1 Å². The van der Waals surface area contributed by atoms with Crippen molar-refractivity contribution in [2.24, 2.45) is 0 Å². The Morgan fingerprint density at radius 1 is 1.37 bits per heavy atom. The van der Waals surface area contributed by atoms with E-state index in [-0.39, 0.29) is 17.5 Å². The van der Waals surface area contributed by atoms with Crippen LogP contribution in [0.15, 0.2) is 18.2 Å². The molecule has 19 heavy (non-hydrogen) atoms. The van der Waals surface area contributed by atoms with Crippen molar-refractivity contribution < 1.29 is 8.42 Å². The zero-order valence-electron chi connectivity index (χ0n) is 11.2. The van der Waals surface area contributed by atoms with Gasteiger partial charge in [-0.3, -0.25) is 0 Å². The Balaban J connectivity index is 1.95. The van der Waals surface area contributed by atoms with E-state index in [0.29, 0.717) is 6.54 Å².